The Morgan fingerprint density at radius 1 is 1.21 bits per heavy atom. The second-order valence-electron chi connectivity index (χ2n) is 11.4. The van der Waals surface area contributed by atoms with Crippen LogP contribution in [-0.2, 0) is 14.4 Å². The lowest BCUT2D eigenvalue weighted by Crippen LogP contribution is -2.61. The Hall–Kier alpha value is -2.06. The topological polar surface area (TPSA) is 98.7 Å². The average Bonchev–Trinajstić information content (AvgIpc) is 3.32. The minimum atomic E-state index is -0.733. The molecule has 2 bridgehead atoms. The van der Waals surface area contributed by atoms with E-state index in [9.17, 15) is 19.5 Å². The van der Waals surface area contributed by atoms with Crippen LogP contribution in [0.25, 0.3) is 0 Å². The zero-order valence-electron chi connectivity index (χ0n) is 20.9. The molecule has 34 heavy (non-hydrogen) atoms. The van der Waals surface area contributed by atoms with Crippen molar-refractivity contribution in [3.05, 3.63) is 30.3 Å². The third kappa shape index (κ3) is 3.92. The normalized spacial score (nSPS) is 33.2. The molecule has 3 aliphatic rings. The van der Waals surface area contributed by atoms with Gasteiger partial charge in [-0.25, -0.2) is 0 Å². The van der Waals surface area contributed by atoms with Gasteiger partial charge in [0, 0.05) is 16.5 Å². The van der Waals surface area contributed by atoms with Gasteiger partial charge in [-0.3, -0.25) is 14.4 Å². The van der Waals surface area contributed by atoms with Crippen molar-refractivity contribution in [1.82, 2.24) is 10.2 Å². The molecule has 3 fully saturated rings. The van der Waals surface area contributed by atoms with Crippen LogP contribution in [0.15, 0.2) is 30.3 Å². The number of amides is 3. The summed E-state index contributed by atoms with van der Waals surface area (Å²) in [6.45, 7) is 11.5. The van der Waals surface area contributed by atoms with Gasteiger partial charge >= 0.3 is 0 Å². The van der Waals surface area contributed by atoms with Gasteiger partial charge in [-0.05, 0) is 51.2 Å². The Labute approximate surface area is 206 Å². The minimum absolute atomic E-state index is 0.0219. The Balaban J connectivity index is 1.77. The van der Waals surface area contributed by atoms with E-state index in [-0.39, 0.29) is 41.4 Å². The number of para-hydroxylation sites is 1. The summed E-state index contributed by atoms with van der Waals surface area (Å²) >= 11 is 1.65. The quantitative estimate of drug-likeness (QED) is 0.573. The number of fused-ring (bicyclic) bond motifs is 1. The SMILES string of the molecule is CC(C)[C@H](CO)N1C(=O)[C@@H]2[C@@H](C(=O)Nc3ccccc3)[C@H]3CC(C)C2(S3)C1C(=O)NC(C)(C)C. The number of aliphatic hydroxyl groups is 1. The summed E-state index contributed by atoms with van der Waals surface area (Å²) < 4.78 is -0.696. The molecule has 3 amide bonds. The van der Waals surface area contributed by atoms with Crippen molar-refractivity contribution in [3.8, 4) is 0 Å². The van der Waals surface area contributed by atoms with E-state index in [4.69, 9.17) is 0 Å². The van der Waals surface area contributed by atoms with E-state index in [0.717, 1.165) is 6.42 Å². The number of carbonyl (C=O) groups is 3. The fourth-order valence-corrected chi connectivity index (χ4v) is 8.63. The first-order chi connectivity index (χ1) is 15.9. The number of nitrogens with one attached hydrogen (secondary N) is 2. The predicted octanol–water partition coefficient (Wildman–Crippen LogP) is 2.89. The van der Waals surface area contributed by atoms with Crippen LogP contribution in [0.5, 0.6) is 0 Å². The highest BCUT2D eigenvalue weighted by molar-refractivity contribution is 8.02. The molecule has 1 spiro atoms. The fourth-order valence-electron chi connectivity index (χ4n) is 6.22. The molecule has 7 atom stereocenters. The largest absolute Gasteiger partial charge is 0.394 e. The summed E-state index contributed by atoms with van der Waals surface area (Å²) in [5.41, 5.74) is 0.226. The van der Waals surface area contributed by atoms with Crippen LogP contribution < -0.4 is 10.6 Å². The average molecular weight is 488 g/mol. The molecular weight excluding hydrogens is 450 g/mol. The number of nitrogens with zero attached hydrogens (tertiary/aromatic N) is 1. The maximum absolute atomic E-state index is 14.1. The Kier molecular flexibility index (Phi) is 6.53. The molecule has 1 aromatic rings. The Morgan fingerprint density at radius 2 is 1.85 bits per heavy atom. The highest BCUT2D eigenvalue weighted by atomic mass is 32.2. The van der Waals surface area contributed by atoms with Gasteiger partial charge < -0.3 is 20.6 Å². The molecule has 3 aliphatic heterocycles. The first kappa shape index (κ1) is 25.0. The number of anilines is 1. The number of thioether (sulfide) groups is 1. The van der Waals surface area contributed by atoms with E-state index in [0.29, 0.717) is 5.69 Å². The molecule has 1 aromatic carbocycles. The van der Waals surface area contributed by atoms with Crippen LogP contribution in [0.3, 0.4) is 0 Å². The van der Waals surface area contributed by atoms with Crippen molar-refractivity contribution in [1.29, 1.82) is 0 Å². The second-order valence-corrected chi connectivity index (χ2v) is 12.9. The minimum Gasteiger partial charge on any atom is -0.394 e. The summed E-state index contributed by atoms with van der Waals surface area (Å²) in [5.74, 6) is -1.62. The van der Waals surface area contributed by atoms with Gasteiger partial charge in [-0.2, -0.15) is 0 Å². The summed E-state index contributed by atoms with van der Waals surface area (Å²) in [7, 11) is 0. The van der Waals surface area contributed by atoms with Gasteiger partial charge in [0.25, 0.3) is 0 Å². The summed E-state index contributed by atoms with van der Waals surface area (Å²) in [4.78, 5) is 43.1. The highest BCUT2D eigenvalue weighted by Crippen LogP contribution is 2.69. The number of rotatable bonds is 6. The predicted molar refractivity (Wildman–Crippen MR) is 134 cm³/mol. The van der Waals surface area contributed by atoms with Crippen LogP contribution in [-0.4, -0.2) is 62.0 Å². The van der Waals surface area contributed by atoms with E-state index >= 15 is 0 Å². The van der Waals surface area contributed by atoms with Crippen LogP contribution in [0.2, 0.25) is 0 Å². The third-order valence-corrected chi connectivity index (χ3v) is 9.66. The molecule has 0 aromatic heterocycles. The molecule has 0 aliphatic carbocycles. The number of hydrogen-bond acceptors (Lipinski definition) is 5. The van der Waals surface area contributed by atoms with Crippen LogP contribution >= 0.6 is 11.8 Å². The van der Waals surface area contributed by atoms with Gasteiger partial charge in [0.15, 0.2) is 0 Å². The standard InChI is InChI=1S/C26H37N3O4S/c1-14(2)17(13-30)29-21(23(32)28-25(4,5)6)26-15(3)12-18(34-26)19(20(26)24(29)33)22(31)27-16-10-8-7-9-11-16/h7-11,14-15,17-21,30H,12-13H2,1-6H3,(H,27,31)(H,28,32)/t15?,17-,18+,19-,20-,21?,26?/m0/s1. The van der Waals surface area contributed by atoms with E-state index in [2.05, 4.69) is 17.6 Å². The molecule has 186 valence electrons. The highest BCUT2D eigenvalue weighted by Gasteiger charge is 2.76. The number of aliphatic hydroxyl groups excluding tert-OH is 1. The lowest BCUT2D eigenvalue weighted by Gasteiger charge is -2.41. The summed E-state index contributed by atoms with van der Waals surface area (Å²) in [5, 5.41) is 16.3. The van der Waals surface area contributed by atoms with Crippen molar-refractivity contribution >= 4 is 35.2 Å². The van der Waals surface area contributed by atoms with E-state index in [1.165, 1.54) is 0 Å². The van der Waals surface area contributed by atoms with E-state index in [1.54, 1.807) is 16.7 Å². The molecule has 7 nitrogen and oxygen atoms in total. The Morgan fingerprint density at radius 3 is 2.41 bits per heavy atom. The van der Waals surface area contributed by atoms with Gasteiger partial charge in [-0.1, -0.05) is 39.0 Å². The monoisotopic (exact) mass is 487 g/mol. The molecule has 4 rings (SSSR count). The van der Waals surface area contributed by atoms with Crippen LogP contribution in [0.1, 0.15) is 48.0 Å². The Bertz CT molecular complexity index is 963. The lowest BCUT2D eigenvalue weighted by atomic mass is 9.65. The van der Waals surface area contributed by atoms with Crippen LogP contribution in [0, 0.1) is 23.7 Å². The summed E-state index contributed by atoms with van der Waals surface area (Å²) in [6.07, 6.45) is 0.778. The molecule has 0 saturated carbocycles. The zero-order chi connectivity index (χ0) is 25.0. The van der Waals surface area contributed by atoms with Crippen LogP contribution in [0.4, 0.5) is 5.69 Å². The number of likely N-dealkylation sites (tertiary alicyclic amines) is 1. The molecule has 3 unspecified atom stereocenters. The maximum Gasteiger partial charge on any atom is 0.244 e. The van der Waals surface area contributed by atoms with E-state index in [1.807, 2.05) is 65.0 Å². The molecule has 3 saturated heterocycles. The molecule has 3 N–H and O–H groups in total. The van der Waals surface area contributed by atoms with Gasteiger partial charge in [0.05, 0.1) is 29.2 Å². The van der Waals surface area contributed by atoms with Crippen molar-refractivity contribution in [3.63, 3.8) is 0 Å². The van der Waals surface area contributed by atoms with Gasteiger partial charge in [0.1, 0.15) is 6.04 Å². The summed E-state index contributed by atoms with van der Waals surface area (Å²) in [6, 6.07) is 8.05. The third-order valence-electron chi connectivity index (χ3n) is 7.59. The second kappa shape index (κ2) is 8.86. The van der Waals surface area contributed by atoms with Crippen molar-refractivity contribution in [2.24, 2.45) is 23.7 Å². The first-order valence-corrected chi connectivity index (χ1v) is 13.1. The first-order valence-electron chi connectivity index (χ1n) is 12.2. The number of benzene rings is 1. The lowest BCUT2D eigenvalue weighted by molar-refractivity contribution is -0.143. The van der Waals surface area contributed by atoms with E-state index < -0.39 is 34.2 Å². The molecule has 0 radical (unpaired) electrons. The van der Waals surface area contributed by atoms with Gasteiger partial charge in [0.2, 0.25) is 17.7 Å². The molecule has 8 heteroatoms. The van der Waals surface area contributed by atoms with Gasteiger partial charge in [-0.15, -0.1) is 11.8 Å². The maximum atomic E-state index is 14.1. The smallest absolute Gasteiger partial charge is 0.244 e. The van der Waals surface area contributed by atoms with Crippen molar-refractivity contribution in [2.45, 2.75) is 75.6 Å². The zero-order valence-corrected chi connectivity index (χ0v) is 21.7. The number of hydrogen-bond donors (Lipinski definition) is 3. The van der Waals surface area contributed by atoms with Crippen molar-refractivity contribution in [2.75, 3.05) is 11.9 Å². The molecule has 3 heterocycles. The van der Waals surface area contributed by atoms with Crippen molar-refractivity contribution < 1.29 is 19.5 Å². The number of carbonyl (C=O) groups excluding carboxylic acids is 3. The fraction of sp³-hybridized carbons (Fsp3) is 0.654. The molecular formula is C26H37N3O4S.